The lowest BCUT2D eigenvalue weighted by Crippen LogP contribution is -2.28. The van der Waals surface area contributed by atoms with Gasteiger partial charge in [0.1, 0.15) is 0 Å². The first-order valence-corrected chi connectivity index (χ1v) is 5.84. The maximum absolute atomic E-state index is 12.4. The van der Waals surface area contributed by atoms with Gasteiger partial charge >= 0.3 is 6.18 Å². The van der Waals surface area contributed by atoms with Crippen LogP contribution in [0.2, 0.25) is 0 Å². The highest BCUT2D eigenvalue weighted by Crippen LogP contribution is 2.29. The molecule has 1 aromatic rings. The molecule has 0 aromatic heterocycles. The molecule has 1 fully saturated rings. The quantitative estimate of drug-likeness (QED) is 0.756. The van der Waals surface area contributed by atoms with Crippen LogP contribution in [-0.2, 0) is 6.18 Å². The van der Waals surface area contributed by atoms with E-state index in [1.165, 1.54) is 12.1 Å². The lowest BCUT2D eigenvalue weighted by molar-refractivity contribution is -0.137. The van der Waals surface area contributed by atoms with Crippen molar-refractivity contribution in [3.8, 4) is 0 Å². The number of likely N-dealkylation sites (tertiary alicyclic amines) is 1. The van der Waals surface area contributed by atoms with E-state index in [4.69, 9.17) is 0 Å². The van der Waals surface area contributed by atoms with Crippen molar-refractivity contribution in [1.29, 1.82) is 0 Å². The van der Waals surface area contributed by atoms with Gasteiger partial charge in [0.05, 0.1) is 5.56 Å². The zero-order valence-electron chi connectivity index (χ0n) is 10.00. The Morgan fingerprint density at radius 2 is 1.89 bits per heavy atom. The molecule has 18 heavy (non-hydrogen) atoms. The van der Waals surface area contributed by atoms with Crippen molar-refractivity contribution in [2.24, 2.45) is 5.92 Å². The molecule has 0 radical (unpaired) electrons. The summed E-state index contributed by atoms with van der Waals surface area (Å²) in [5.74, 6) is 0.275. The summed E-state index contributed by atoms with van der Waals surface area (Å²) >= 11 is 0. The van der Waals surface area contributed by atoms with Crippen molar-refractivity contribution in [2.75, 3.05) is 13.1 Å². The largest absolute Gasteiger partial charge is 0.416 e. The zero-order valence-corrected chi connectivity index (χ0v) is 10.00. The number of carbonyl (C=O) groups excluding carboxylic acids is 1. The number of hydrogen-bond donors (Lipinski definition) is 0. The van der Waals surface area contributed by atoms with Gasteiger partial charge in [-0.25, -0.2) is 0 Å². The second-order valence-corrected chi connectivity index (χ2v) is 4.72. The van der Waals surface area contributed by atoms with Gasteiger partial charge < -0.3 is 4.90 Å². The Morgan fingerprint density at radius 3 is 2.33 bits per heavy atom. The predicted molar refractivity (Wildman–Crippen MR) is 61.1 cm³/mol. The summed E-state index contributed by atoms with van der Waals surface area (Å²) in [5.41, 5.74) is -0.411. The monoisotopic (exact) mass is 257 g/mol. The van der Waals surface area contributed by atoms with E-state index in [2.05, 4.69) is 6.92 Å². The first-order valence-electron chi connectivity index (χ1n) is 5.84. The second-order valence-electron chi connectivity index (χ2n) is 4.72. The Hall–Kier alpha value is -1.52. The maximum atomic E-state index is 12.4. The van der Waals surface area contributed by atoms with Gasteiger partial charge in [-0.15, -0.1) is 0 Å². The first-order chi connectivity index (χ1) is 8.38. The predicted octanol–water partition coefficient (Wildman–Crippen LogP) is 3.19. The minimum atomic E-state index is -4.36. The third-order valence-corrected chi connectivity index (χ3v) is 3.17. The number of nitrogens with zero attached hydrogens (tertiary/aromatic N) is 1. The maximum Gasteiger partial charge on any atom is 0.416 e. The molecule has 1 saturated heterocycles. The van der Waals surface area contributed by atoms with Gasteiger partial charge in [0, 0.05) is 18.7 Å². The highest BCUT2D eigenvalue weighted by molar-refractivity contribution is 5.94. The molecule has 5 heteroatoms. The van der Waals surface area contributed by atoms with E-state index < -0.39 is 11.7 Å². The summed E-state index contributed by atoms with van der Waals surface area (Å²) in [6.45, 7) is 3.42. The van der Waals surface area contributed by atoms with Crippen LogP contribution in [0, 0.1) is 5.92 Å². The van der Waals surface area contributed by atoms with Crippen LogP contribution in [0.3, 0.4) is 0 Å². The van der Waals surface area contributed by atoms with Crippen LogP contribution in [0.25, 0.3) is 0 Å². The van der Waals surface area contributed by atoms with E-state index in [1.54, 1.807) is 4.90 Å². The molecule has 1 aliphatic rings. The summed E-state index contributed by atoms with van der Waals surface area (Å²) in [7, 11) is 0. The molecular weight excluding hydrogens is 243 g/mol. The van der Waals surface area contributed by atoms with Crippen molar-refractivity contribution < 1.29 is 18.0 Å². The topological polar surface area (TPSA) is 20.3 Å². The SMILES string of the molecule is C[C@H]1CCN(C(=O)c2ccc(C(F)(F)F)cc2)C1. The third kappa shape index (κ3) is 2.66. The van der Waals surface area contributed by atoms with Crippen molar-refractivity contribution in [2.45, 2.75) is 19.5 Å². The first kappa shape index (κ1) is 12.9. The van der Waals surface area contributed by atoms with E-state index in [0.29, 0.717) is 24.6 Å². The molecule has 2 rings (SSSR count). The average Bonchev–Trinajstić information content (AvgIpc) is 2.74. The van der Waals surface area contributed by atoms with Gasteiger partial charge in [0.15, 0.2) is 0 Å². The molecule has 0 bridgehead atoms. The lowest BCUT2D eigenvalue weighted by Gasteiger charge is -2.16. The standard InChI is InChI=1S/C13H14F3NO/c1-9-6-7-17(8-9)12(18)10-2-4-11(5-3-10)13(14,15)16/h2-5,9H,6-8H2,1H3/t9-/m0/s1. The van der Waals surface area contributed by atoms with Gasteiger partial charge in [0.25, 0.3) is 5.91 Å². The minimum Gasteiger partial charge on any atom is -0.338 e. The normalized spacial score (nSPS) is 20.2. The van der Waals surface area contributed by atoms with E-state index >= 15 is 0 Å². The molecule has 98 valence electrons. The number of hydrogen-bond acceptors (Lipinski definition) is 1. The van der Waals surface area contributed by atoms with Crippen LogP contribution in [0.15, 0.2) is 24.3 Å². The Labute approximate surface area is 103 Å². The van der Waals surface area contributed by atoms with Crippen LogP contribution < -0.4 is 0 Å². The van der Waals surface area contributed by atoms with E-state index in [-0.39, 0.29) is 5.91 Å². The summed E-state index contributed by atoms with van der Waals surface area (Å²) in [6, 6.07) is 4.39. The fourth-order valence-corrected chi connectivity index (χ4v) is 2.10. The molecule has 1 aliphatic heterocycles. The Morgan fingerprint density at radius 1 is 1.28 bits per heavy atom. The van der Waals surface area contributed by atoms with E-state index in [0.717, 1.165) is 18.6 Å². The van der Waals surface area contributed by atoms with Crippen molar-refractivity contribution in [3.05, 3.63) is 35.4 Å². The Kier molecular flexibility index (Phi) is 3.32. The lowest BCUT2D eigenvalue weighted by atomic mass is 10.1. The summed E-state index contributed by atoms with van der Waals surface area (Å²) in [4.78, 5) is 13.7. The summed E-state index contributed by atoms with van der Waals surface area (Å²) < 4.78 is 37.1. The van der Waals surface area contributed by atoms with Crippen LogP contribution in [0.1, 0.15) is 29.3 Å². The van der Waals surface area contributed by atoms with Crippen LogP contribution in [-0.4, -0.2) is 23.9 Å². The highest BCUT2D eigenvalue weighted by atomic mass is 19.4. The minimum absolute atomic E-state index is 0.187. The van der Waals surface area contributed by atoms with Crippen LogP contribution in [0.5, 0.6) is 0 Å². The van der Waals surface area contributed by atoms with Crippen LogP contribution in [0.4, 0.5) is 13.2 Å². The number of halogens is 3. The van der Waals surface area contributed by atoms with Gasteiger partial charge in [-0.2, -0.15) is 13.2 Å². The molecule has 0 spiro atoms. The average molecular weight is 257 g/mol. The molecule has 0 unspecified atom stereocenters. The zero-order chi connectivity index (χ0) is 13.3. The van der Waals surface area contributed by atoms with E-state index in [9.17, 15) is 18.0 Å². The van der Waals surface area contributed by atoms with Gasteiger partial charge in [0.2, 0.25) is 0 Å². The molecule has 0 saturated carbocycles. The molecule has 0 aliphatic carbocycles. The Bertz CT molecular complexity index is 439. The molecular formula is C13H14F3NO. The van der Waals surface area contributed by atoms with Crippen LogP contribution >= 0.6 is 0 Å². The fraction of sp³-hybridized carbons (Fsp3) is 0.462. The van der Waals surface area contributed by atoms with Crippen molar-refractivity contribution in [1.82, 2.24) is 4.90 Å². The molecule has 1 aromatic carbocycles. The Balaban J connectivity index is 2.12. The van der Waals surface area contributed by atoms with Gasteiger partial charge in [-0.3, -0.25) is 4.79 Å². The number of alkyl halides is 3. The second kappa shape index (κ2) is 4.63. The number of carbonyl (C=O) groups is 1. The molecule has 2 nitrogen and oxygen atoms in total. The van der Waals surface area contributed by atoms with Gasteiger partial charge in [-0.1, -0.05) is 6.92 Å². The fourth-order valence-electron chi connectivity index (χ4n) is 2.10. The highest BCUT2D eigenvalue weighted by Gasteiger charge is 2.31. The summed E-state index contributed by atoms with van der Waals surface area (Å²) in [5, 5.41) is 0. The summed E-state index contributed by atoms with van der Waals surface area (Å²) in [6.07, 6.45) is -3.41. The molecule has 1 heterocycles. The third-order valence-electron chi connectivity index (χ3n) is 3.17. The molecule has 0 N–H and O–H groups in total. The van der Waals surface area contributed by atoms with E-state index in [1.807, 2.05) is 0 Å². The van der Waals surface area contributed by atoms with Crippen molar-refractivity contribution >= 4 is 5.91 Å². The number of benzene rings is 1. The van der Waals surface area contributed by atoms with Crippen molar-refractivity contribution in [3.63, 3.8) is 0 Å². The van der Waals surface area contributed by atoms with Gasteiger partial charge in [-0.05, 0) is 36.6 Å². The molecule has 1 amide bonds. The smallest absolute Gasteiger partial charge is 0.338 e. The number of rotatable bonds is 1. The number of amides is 1. The molecule has 1 atom stereocenters.